The Morgan fingerprint density at radius 1 is 1.06 bits per heavy atom. The Hall–Kier alpha value is -2.93. The molecule has 1 aliphatic rings. The topological polar surface area (TPSA) is 78.2 Å². The molecule has 1 aromatic heterocycles. The molecule has 3 aromatic rings. The SMILES string of the molecule is CC(=O)OCCC[n+]1ccn([C@H]2CC[C@H](C(C(N)=O)(c3ccccc3)c3ccccc3)C2)c1.[Br-]. The highest BCUT2D eigenvalue weighted by Gasteiger charge is 2.50. The maximum absolute atomic E-state index is 13.2. The van der Waals surface area contributed by atoms with Crippen molar-refractivity contribution in [3.63, 3.8) is 0 Å². The molecular weight excluding hydrogens is 494 g/mol. The molecule has 2 atom stereocenters. The number of imidazole rings is 1. The van der Waals surface area contributed by atoms with Gasteiger partial charge in [-0.2, -0.15) is 0 Å². The van der Waals surface area contributed by atoms with Gasteiger partial charge in [-0.1, -0.05) is 60.7 Å². The summed E-state index contributed by atoms with van der Waals surface area (Å²) in [5.74, 6) is -0.437. The van der Waals surface area contributed by atoms with Gasteiger partial charge < -0.3 is 27.5 Å². The van der Waals surface area contributed by atoms with Crippen LogP contribution in [0.15, 0.2) is 79.4 Å². The summed E-state index contributed by atoms with van der Waals surface area (Å²) >= 11 is 0. The zero-order valence-corrected chi connectivity index (χ0v) is 21.1. The van der Waals surface area contributed by atoms with E-state index in [9.17, 15) is 9.59 Å². The molecule has 4 rings (SSSR count). The normalized spacial score (nSPS) is 17.7. The fourth-order valence-electron chi connectivity index (χ4n) is 5.37. The highest BCUT2D eigenvalue weighted by atomic mass is 79.9. The number of carbonyl (C=O) groups is 2. The Labute approximate surface area is 211 Å². The molecule has 1 heterocycles. The van der Waals surface area contributed by atoms with Crippen LogP contribution in [0, 0.1) is 5.92 Å². The first-order valence-electron chi connectivity index (χ1n) is 11.6. The highest BCUT2D eigenvalue weighted by Crippen LogP contribution is 2.49. The van der Waals surface area contributed by atoms with Crippen molar-refractivity contribution in [2.24, 2.45) is 11.7 Å². The van der Waals surface area contributed by atoms with Gasteiger partial charge in [0.15, 0.2) is 0 Å². The lowest BCUT2D eigenvalue weighted by Crippen LogP contribution is -3.00. The first-order chi connectivity index (χ1) is 16.0. The van der Waals surface area contributed by atoms with Crippen molar-refractivity contribution >= 4 is 11.9 Å². The van der Waals surface area contributed by atoms with Crippen LogP contribution < -0.4 is 27.3 Å². The second-order valence-corrected chi connectivity index (χ2v) is 8.86. The van der Waals surface area contributed by atoms with Gasteiger partial charge >= 0.3 is 5.97 Å². The summed E-state index contributed by atoms with van der Waals surface area (Å²) in [4.78, 5) is 24.2. The van der Waals surface area contributed by atoms with Crippen molar-refractivity contribution in [1.29, 1.82) is 0 Å². The smallest absolute Gasteiger partial charge is 0.302 e. The van der Waals surface area contributed by atoms with Gasteiger partial charge in [-0.25, -0.2) is 9.13 Å². The van der Waals surface area contributed by atoms with Gasteiger partial charge in [0.25, 0.3) is 0 Å². The van der Waals surface area contributed by atoms with E-state index in [0.717, 1.165) is 43.4 Å². The number of amides is 1. The number of halogens is 1. The minimum Gasteiger partial charge on any atom is -1.00 e. The van der Waals surface area contributed by atoms with E-state index in [4.69, 9.17) is 10.5 Å². The van der Waals surface area contributed by atoms with Gasteiger partial charge in [-0.05, 0) is 36.3 Å². The molecule has 2 aromatic carbocycles. The lowest BCUT2D eigenvalue weighted by Gasteiger charge is -2.37. The highest BCUT2D eigenvalue weighted by molar-refractivity contribution is 5.91. The molecule has 34 heavy (non-hydrogen) atoms. The van der Waals surface area contributed by atoms with Crippen LogP contribution in [0.25, 0.3) is 0 Å². The second kappa shape index (κ2) is 11.5. The average molecular weight is 526 g/mol. The molecule has 0 unspecified atom stereocenters. The van der Waals surface area contributed by atoms with Crippen LogP contribution >= 0.6 is 0 Å². The number of benzene rings is 2. The Kier molecular flexibility index (Phi) is 8.67. The number of hydrogen-bond donors (Lipinski definition) is 1. The number of carbonyl (C=O) groups excluding carboxylic acids is 2. The summed E-state index contributed by atoms with van der Waals surface area (Å²) in [6, 6.07) is 20.3. The number of esters is 1. The zero-order chi connectivity index (χ0) is 23.3. The summed E-state index contributed by atoms with van der Waals surface area (Å²) in [7, 11) is 0. The lowest BCUT2D eigenvalue weighted by molar-refractivity contribution is -0.697. The Bertz CT molecular complexity index is 1050. The third-order valence-corrected chi connectivity index (χ3v) is 6.86. The molecule has 7 heteroatoms. The number of nitrogens with zero attached hydrogens (tertiary/aromatic N) is 2. The summed E-state index contributed by atoms with van der Waals surface area (Å²) < 4.78 is 9.39. The molecule has 0 saturated heterocycles. The van der Waals surface area contributed by atoms with Crippen LogP contribution in [0.5, 0.6) is 0 Å². The number of rotatable bonds is 9. The van der Waals surface area contributed by atoms with E-state index < -0.39 is 5.41 Å². The van der Waals surface area contributed by atoms with Crippen LogP contribution in [-0.4, -0.2) is 23.1 Å². The fourth-order valence-corrected chi connectivity index (χ4v) is 5.37. The summed E-state index contributed by atoms with van der Waals surface area (Å²) in [5.41, 5.74) is 7.27. The molecule has 6 nitrogen and oxygen atoms in total. The van der Waals surface area contributed by atoms with Gasteiger partial charge in [0, 0.05) is 13.3 Å². The third-order valence-electron chi connectivity index (χ3n) is 6.86. The number of aromatic nitrogens is 2. The molecule has 1 aliphatic carbocycles. The fraction of sp³-hybridized carbons (Fsp3) is 0.370. The van der Waals surface area contributed by atoms with E-state index in [0.29, 0.717) is 12.6 Å². The van der Waals surface area contributed by atoms with Crippen molar-refractivity contribution in [2.75, 3.05) is 6.61 Å². The van der Waals surface area contributed by atoms with E-state index in [1.165, 1.54) is 6.92 Å². The monoisotopic (exact) mass is 525 g/mol. The van der Waals surface area contributed by atoms with Crippen molar-refractivity contribution in [3.05, 3.63) is 90.5 Å². The molecular formula is C27H32BrN3O3. The van der Waals surface area contributed by atoms with Crippen molar-refractivity contribution < 1.29 is 35.9 Å². The average Bonchev–Trinajstić information content (AvgIpc) is 3.49. The van der Waals surface area contributed by atoms with Crippen LogP contribution in [0.3, 0.4) is 0 Å². The van der Waals surface area contributed by atoms with Crippen LogP contribution in [0.1, 0.15) is 49.8 Å². The molecule has 180 valence electrons. The predicted molar refractivity (Wildman–Crippen MR) is 125 cm³/mol. The van der Waals surface area contributed by atoms with Crippen LogP contribution in [-0.2, 0) is 26.3 Å². The largest absolute Gasteiger partial charge is 1.00 e. The molecule has 0 bridgehead atoms. The molecule has 1 saturated carbocycles. The minimum atomic E-state index is -0.857. The maximum Gasteiger partial charge on any atom is 0.302 e. The minimum absolute atomic E-state index is 0. The summed E-state index contributed by atoms with van der Waals surface area (Å²) in [5, 5.41) is 0. The van der Waals surface area contributed by atoms with E-state index in [-0.39, 0.29) is 34.8 Å². The van der Waals surface area contributed by atoms with Gasteiger partial charge in [0.1, 0.15) is 23.9 Å². The second-order valence-electron chi connectivity index (χ2n) is 8.86. The van der Waals surface area contributed by atoms with E-state index in [1.807, 2.05) is 60.7 Å². The quantitative estimate of drug-likeness (QED) is 0.251. The van der Waals surface area contributed by atoms with Crippen molar-refractivity contribution in [3.8, 4) is 0 Å². The third kappa shape index (κ3) is 5.25. The van der Waals surface area contributed by atoms with Crippen molar-refractivity contribution in [2.45, 2.75) is 50.6 Å². The molecule has 0 aliphatic heterocycles. The Morgan fingerprint density at radius 3 is 2.24 bits per heavy atom. The maximum atomic E-state index is 13.2. The first-order valence-corrected chi connectivity index (χ1v) is 11.6. The van der Waals surface area contributed by atoms with Crippen molar-refractivity contribution in [1.82, 2.24) is 4.57 Å². The number of hydrogen-bond acceptors (Lipinski definition) is 3. The van der Waals surface area contributed by atoms with E-state index in [2.05, 4.69) is 27.9 Å². The Morgan fingerprint density at radius 2 is 1.68 bits per heavy atom. The van der Waals surface area contributed by atoms with Gasteiger partial charge in [-0.15, -0.1) is 0 Å². The zero-order valence-electron chi connectivity index (χ0n) is 19.5. The molecule has 2 N–H and O–H groups in total. The van der Waals surface area contributed by atoms with Gasteiger partial charge in [0.05, 0.1) is 13.2 Å². The van der Waals surface area contributed by atoms with Gasteiger partial charge in [-0.3, -0.25) is 9.59 Å². The Balaban J connectivity index is 0.00000324. The molecule has 1 fully saturated rings. The number of ether oxygens (including phenoxy) is 1. The lowest BCUT2D eigenvalue weighted by atomic mass is 9.64. The predicted octanol–water partition coefficient (Wildman–Crippen LogP) is 0.546. The van der Waals surface area contributed by atoms with E-state index >= 15 is 0 Å². The molecule has 0 spiro atoms. The van der Waals surface area contributed by atoms with Crippen LogP contribution in [0.4, 0.5) is 0 Å². The standard InChI is InChI=1S/C27H31N3O3.BrH/c1-21(31)33-18-8-15-29-16-17-30(20-29)25-14-13-24(19-25)27(26(28)32,22-9-4-2-5-10-22)23-11-6-3-7-12-23;/h2-7,9-12,16-17,20,24-25H,8,13-15,18-19H2,1H3,(H-,28,32);1H/t24-,25-;/m0./s1. The van der Waals surface area contributed by atoms with Gasteiger partial charge in [0.2, 0.25) is 12.2 Å². The van der Waals surface area contributed by atoms with Crippen LogP contribution in [0.2, 0.25) is 0 Å². The molecule has 1 amide bonds. The van der Waals surface area contributed by atoms with E-state index in [1.54, 1.807) is 0 Å². The summed E-state index contributed by atoms with van der Waals surface area (Å²) in [6.07, 6.45) is 9.80. The first kappa shape index (κ1) is 25.7. The number of primary amides is 1. The summed E-state index contributed by atoms with van der Waals surface area (Å²) in [6.45, 7) is 2.64. The molecule has 0 radical (unpaired) electrons. The number of nitrogens with two attached hydrogens (primary N) is 1. The number of aryl methyl sites for hydroxylation is 1.